The smallest absolute Gasteiger partial charge is 0.0548 e. The Bertz CT molecular complexity index is 292. The second-order valence-electron chi connectivity index (χ2n) is 3.27. The maximum absolute atomic E-state index is 3.17. The minimum absolute atomic E-state index is 1.09. The summed E-state index contributed by atoms with van der Waals surface area (Å²) in [7, 11) is 1.89. The summed E-state index contributed by atoms with van der Waals surface area (Å²) in [6, 6.07) is 4.36. The molecule has 0 saturated heterocycles. The Kier molecular flexibility index (Phi) is 3.32. The molecule has 0 aliphatic carbocycles. The predicted molar refractivity (Wildman–Crippen MR) is 58.0 cm³/mol. The Morgan fingerprint density at radius 3 is 2.46 bits per heavy atom. The third-order valence-electron chi connectivity index (χ3n) is 2.42. The van der Waals surface area contributed by atoms with Gasteiger partial charge in [0.2, 0.25) is 0 Å². The molecule has 1 aromatic rings. The largest absolute Gasteiger partial charge is 0.321 e. The Morgan fingerprint density at radius 1 is 1.23 bits per heavy atom. The van der Waals surface area contributed by atoms with Crippen LogP contribution in [0.15, 0.2) is 12.1 Å². The second kappa shape index (κ2) is 4.28. The maximum atomic E-state index is 3.17. The van der Waals surface area contributed by atoms with Crippen molar-refractivity contribution in [2.75, 3.05) is 12.5 Å². The normalized spacial score (nSPS) is 10.2. The van der Waals surface area contributed by atoms with Crippen molar-refractivity contribution in [3.63, 3.8) is 0 Å². The van der Waals surface area contributed by atoms with Crippen LogP contribution in [0.1, 0.15) is 23.6 Å². The van der Waals surface area contributed by atoms with E-state index in [4.69, 9.17) is 0 Å². The molecule has 13 heavy (non-hydrogen) atoms. The lowest BCUT2D eigenvalue weighted by atomic mass is 10.0. The van der Waals surface area contributed by atoms with E-state index in [1.54, 1.807) is 0 Å². The zero-order valence-corrected chi connectivity index (χ0v) is 8.86. The minimum atomic E-state index is 1.09. The van der Waals surface area contributed by atoms with E-state index in [2.05, 4.69) is 43.8 Å². The van der Waals surface area contributed by atoms with Crippen LogP contribution in [0, 0.1) is 13.8 Å². The molecule has 0 spiro atoms. The number of nitrogens with one attached hydrogen (secondary N) is 2. The standard InChI is InChI=1S/C11H18N2/c1-5-10-7-6-8(2)11(9(10)3)13-12-4/h6-7,12-13H,5H2,1-4H3. The Balaban J connectivity index is 3.13. The first-order valence-electron chi connectivity index (χ1n) is 4.72. The lowest BCUT2D eigenvalue weighted by molar-refractivity contribution is 0.968. The minimum Gasteiger partial charge on any atom is -0.321 e. The lowest BCUT2D eigenvalue weighted by Crippen LogP contribution is -2.17. The van der Waals surface area contributed by atoms with E-state index in [1.807, 2.05) is 7.05 Å². The second-order valence-corrected chi connectivity index (χ2v) is 3.27. The number of aryl methyl sites for hydroxylation is 2. The van der Waals surface area contributed by atoms with Crippen molar-refractivity contribution in [2.24, 2.45) is 0 Å². The van der Waals surface area contributed by atoms with Gasteiger partial charge in [-0.3, -0.25) is 0 Å². The third-order valence-corrected chi connectivity index (χ3v) is 2.42. The fourth-order valence-electron chi connectivity index (χ4n) is 1.59. The van der Waals surface area contributed by atoms with Crippen molar-refractivity contribution >= 4 is 5.69 Å². The number of rotatable bonds is 3. The van der Waals surface area contributed by atoms with E-state index < -0.39 is 0 Å². The van der Waals surface area contributed by atoms with Gasteiger partial charge in [-0.15, -0.1) is 0 Å². The summed E-state index contributed by atoms with van der Waals surface area (Å²) >= 11 is 0. The summed E-state index contributed by atoms with van der Waals surface area (Å²) in [5.74, 6) is 0. The van der Waals surface area contributed by atoms with Gasteiger partial charge in [0.1, 0.15) is 0 Å². The fourth-order valence-corrected chi connectivity index (χ4v) is 1.59. The number of hydrazine groups is 1. The summed E-state index contributed by atoms with van der Waals surface area (Å²) in [6.07, 6.45) is 1.09. The van der Waals surface area contributed by atoms with Gasteiger partial charge in [-0.25, -0.2) is 5.43 Å². The summed E-state index contributed by atoms with van der Waals surface area (Å²) in [5, 5.41) is 0. The Hall–Kier alpha value is -1.02. The topological polar surface area (TPSA) is 24.1 Å². The highest BCUT2D eigenvalue weighted by molar-refractivity contribution is 5.58. The van der Waals surface area contributed by atoms with Gasteiger partial charge in [0.15, 0.2) is 0 Å². The first-order valence-corrected chi connectivity index (χ1v) is 4.72. The van der Waals surface area contributed by atoms with Crippen LogP contribution in [0.25, 0.3) is 0 Å². The first kappa shape index (κ1) is 10.1. The highest BCUT2D eigenvalue weighted by Gasteiger charge is 2.04. The molecule has 0 heterocycles. The van der Waals surface area contributed by atoms with E-state index >= 15 is 0 Å². The molecule has 2 N–H and O–H groups in total. The molecule has 0 aliphatic rings. The first-order chi connectivity index (χ1) is 6.20. The number of hydrogen-bond donors (Lipinski definition) is 2. The van der Waals surface area contributed by atoms with Crippen molar-refractivity contribution in [1.29, 1.82) is 0 Å². The van der Waals surface area contributed by atoms with E-state index in [0.717, 1.165) is 6.42 Å². The van der Waals surface area contributed by atoms with Gasteiger partial charge in [0.05, 0.1) is 5.69 Å². The molecule has 0 radical (unpaired) electrons. The van der Waals surface area contributed by atoms with Crippen LogP contribution in [-0.2, 0) is 6.42 Å². The van der Waals surface area contributed by atoms with Crippen LogP contribution < -0.4 is 10.9 Å². The Morgan fingerprint density at radius 2 is 1.92 bits per heavy atom. The summed E-state index contributed by atoms with van der Waals surface area (Å²) in [6.45, 7) is 6.46. The average molecular weight is 178 g/mol. The summed E-state index contributed by atoms with van der Waals surface area (Å²) < 4.78 is 0. The Labute approximate surface area is 80.3 Å². The fraction of sp³-hybridized carbons (Fsp3) is 0.455. The molecule has 0 aromatic heterocycles. The molecule has 2 heteroatoms. The molecular formula is C11H18N2. The summed E-state index contributed by atoms with van der Waals surface area (Å²) in [5.41, 5.74) is 11.4. The highest BCUT2D eigenvalue weighted by Crippen LogP contribution is 2.23. The van der Waals surface area contributed by atoms with Crippen LogP contribution in [-0.4, -0.2) is 7.05 Å². The molecule has 2 nitrogen and oxygen atoms in total. The van der Waals surface area contributed by atoms with Crippen LogP contribution in [0.3, 0.4) is 0 Å². The molecule has 1 rings (SSSR count). The highest BCUT2D eigenvalue weighted by atomic mass is 15.3. The van der Waals surface area contributed by atoms with Gasteiger partial charge in [-0.1, -0.05) is 19.1 Å². The van der Waals surface area contributed by atoms with Crippen molar-refractivity contribution < 1.29 is 0 Å². The number of benzene rings is 1. The molecule has 0 aliphatic heterocycles. The SMILES string of the molecule is CCc1ccc(C)c(NNC)c1C. The monoisotopic (exact) mass is 178 g/mol. The van der Waals surface area contributed by atoms with Gasteiger partial charge in [-0.05, 0) is 37.0 Å². The third kappa shape index (κ3) is 2.01. The molecular weight excluding hydrogens is 160 g/mol. The van der Waals surface area contributed by atoms with Crippen LogP contribution in [0.2, 0.25) is 0 Å². The zero-order valence-electron chi connectivity index (χ0n) is 8.86. The summed E-state index contributed by atoms with van der Waals surface area (Å²) in [4.78, 5) is 0. The van der Waals surface area contributed by atoms with E-state index in [-0.39, 0.29) is 0 Å². The van der Waals surface area contributed by atoms with E-state index in [1.165, 1.54) is 22.4 Å². The van der Waals surface area contributed by atoms with Crippen molar-refractivity contribution in [3.05, 3.63) is 28.8 Å². The van der Waals surface area contributed by atoms with Crippen LogP contribution in [0.4, 0.5) is 5.69 Å². The van der Waals surface area contributed by atoms with Gasteiger partial charge in [0.25, 0.3) is 0 Å². The van der Waals surface area contributed by atoms with Crippen LogP contribution in [0.5, 0.6) is 0 Å². The van der Waals surface area contributed by atoms with Crippen molar-refractivity contribution in [3.8, 4) is 0 Å². The molecule has 0 fully saturated rings. The van der Waals surface area contributed by atoms with Crippen LogP contribution >= 0.6 is 0 Å². The maximum Gasteiger partial charge on any atom is 0.0548 e. The molecule has 1 aromatic carbocycles. The molecule has 0 unspecified atom stereocenters. The van der Waals surface area contributed by atoms with Gasteiger partial charge >= 0.3 is 0 Å². The molecule has 0 saturated carbocycles. The van der Waals surface area contributed by atoms with Crippen molar-refractivity contribution in [1.82, 2.24) is 5.43 Å². The van der Waals surface area contributed by atoms with Gasteiger partial charge in [0, 0.05) is 7.05 Å². The number of anilines is 1. The van der Waals surface area contributed by atoms with E-state index in [0.29, 0.717) is 0 Å². The van der Waals surface area contributed by atoms with Gasteiger partial charge < -0.3 is 5.43 Å². The predicted octanol–water partition coefficient (Wildman–Crippen LogP) is 2.41. The van der Waals surface area contributed by atoms with Gasteiger partial charge in [-0.2, -0.15) is 0 Å². The lowest BCUT2D eigenvalue weighted by Gasteiger charge is -2.14. The number of hydrogen-bond acceptors (Lipinski definition) is 2. The molecule has 72 valence electrons. The van der Waals surface area contributed by atoms with E-state index in [9.17, 15) is 0 Å². The quantitative estimate of drug-likeness (QED) is 0.694. The van der Waals surface area contributed by atoms with Crippen molar-refractivity contribution in [2.45, 2.75) is 27.2 Å². The molecule has 0 bridgehead atoms. The molecule has 0 atom stereocenters. The molecule has 0 amide bonds. The zero-order chi connectivity index (χ0) is 9.84. The average Bonchev–Trinajstić information content (AvgIpc) is 2.12.